The second-order valence-electron chi connectivity index (χ2n) is 5.13. The second kappa shape index (κ2) is 5.51. The van der Waals surface area contributed by atoms with Crippen molar-refractivity contribution in [2.45, 2.75) is 38.7 Å². The van der Waals surface area contributed by atoms with Crippen LogP contribution >= 0.6 is 0 Å². The van der Waals surface area contributed by atoms with Crippen LogP contribution in [0.3, 0.4) is 0 Å². The van der Waals surface area contributed by atoms with Crippen LogP contribution in [0.1, 0.15) is 52.8 Å². The number of nitrogens with one attached hydrogen (secondary N) is 1. The predicted octanol–water partition coefficient (Wildman–Crippen LogP) is 1.69. The number of carbonyl (C=O) groups is 1. The highest BCUT2D eigenvalue weighted by atomic mass is 16.5. The summed E-state index contributed by atoms with van der Waals surface area (Å²) in [6.07, 6.45) is 4.37. The molecule has 0 spiro atoms. The molecule has 1 fully saturated rings. The van der Waals surface area contributed by atoms with Gasteiger partial charge in [0, 0.05) is 17.7 Å². The van der Waals surface area contributed by atoms with Crippen molar-refractivity contribution >= 4 is 5.97 Å². The van der Waals surface area contributed by atoms with Crippen LogP contribution in [0.2, 0.25) is 0 Å². The molecule has 0 bridgehead atoms. The molecule has 0 unspecified atom stereocenters. The molecular formula is C14H15N3O4. The molecule has 3 rings (SSSR count). The van der Waals surface area contributed by atoms with Gasteiger partial charge >= 0.3 is 5.97 Å². The zero-order valence-corrected chi connectivity index (χ0v) is 11.6. The van der Waals surface area contributed by atoms with Gasteiger partial charge in [0.15, 0.2) is 12.1 Å². The number of hydrogen-bond donors (Lipinski definition) is 1. The summed E-state index contributed by atoms with van der Waals surface area (Å²) in [5.41, 5.74) is 0.739. The molecule has 7 heteroatoms. The lowest BCUT2D eigenvalue weighted by Gasteiger charge is -2.23. The minimum Gasteiger partial charge on any atom is -0.454 e. The fourth-order valence-corrected chi connectivity index (χ4v) is 2.20. The first-order valence-electron chi connectivity index (χ1n) is 6.81. The van der Waals surface area contributed by atoms with Crippen LogP contribution in [0.15, 0.2) is 21.7 Å². The summed E-state index contributed by atoms with van der Waals surface area (Å²) in [4.78, 5) is 27.6. The average Bonchev–Trinajstić information content (AvgIpc) is 2.84. The van der Waals surface area contributed by atoms with Crippen LogP contribution in [-0.2, 0) is 11.3 Å². The number of hydrogen-bond acceptors (Lipinski definition) is 6. The Morgan fingerprint density at radius 3 is 3.00 bits per heavy atom. The fraction of sp³-hybridized carbons (Fsp3) is 0.429. The summed E-state index contributed by atoms with van der Waals surface area (Å²) in [6.45, 7) is 1.54. The number of aromatic nitrogens is 3. The van der Waals surface area contributed by atoms with Gasteiger partial charge in [0.1, 0.15) is 18.1 Å². The van der Waals surface area contributed by atoms with Crippen LogP contribution in [0.25, 0.3) is 0 Å². The van der Waals surface area contributed by atoms with Crippen LogP contribution < -0.4 is 5.43 Å². The number of rotatable bonds is 4. The van der Waals surface area contributed by atoms with Gasteiger partial charge in [0.05, 0.1) is 0 Å². The van der Waals surface area contributed by atoms with E-state index >= 15 is 0 Å². The molecule has 0 radical (unpaired) electrons. The van der Waals surface area contributed by atoms with Crippen molar-refractivity contribution < 1.29 is 13.9 Å². The lowest BCUT2D eigenvalue weighted by atomic mass is 9.83. The third-order valence-corrected chi connectivity index (χ3v) is 3.60. The average molecular weight is 289 g/mol. The third kappa shape index (κ3) is 2.72. The summed E-state index contributed by atoms with van der Waals surface area (Å²) in [5, 5.41) is 6.53. The van der Waals surface area contributed by atoms with Gasteiger partial charge in [0.2, 0.25) is 5.43 Å². The highest BCUT2D eigenvalue weighted by Crippen LogP contribution is 2.37. The minimum absolute atomic E-state index is 0.155. The number of oxazole rings is 1. The standard InChI is InChI=1S/C14H15N3O4/c1-8-5-11(18)10(17-16-8)6-20-14(19)12-13(21-7-15-12)9-3-2-4-9/h5,7,9H,2-4,6H2,1H3,(H,16,18). The summed E-state index contributed by atoms with van der Waals surface area (Å²) >= 11 is 0. The van der Waals surface area contributed by atoms with Crippen molar-refractivity contribution in [3.8, 4) is 0 Å². The van der Waals surface area contributed by atoms with E-state index in [9.17, 15) is 9.59 Å². The molecule has 2 heterocycles. The largest absolute Gasteiger partial charge is 0.454 e. The maximum absolute atomic E-state index is 12.0. The van der Waals surface area contributed by atoms with E-state index in [1.807, 2.05) is 0 Å². The number of carbonyl (C=O) groups excluding carboxylic acids is 1. The zero-order valence-electron chi connectivity index (χ0n) is 11.6. The molecule has 7 nitrogen and oxygen atoms in total. The number of aromatic amines is 1. The predicted molar refractivity (Wildman–Crippen MR) is 71.8 cm³/mol. The van der Waals surface area contributed by atoms with Crippen molar-refractivity contribution in [1.82, 2.24) is 15.2 Å². The molecule has 0 saturated heterocycles. The fourth-order valence-electron chi connectivity index (χ4n) is 2.20. The van der Waals surface area contributed by atoms with E-state index in [0.29, 0.717) is 11.5 Å². The molecule has 1 N–H and O–H groups in total. The molecule has 2 aromatic rings. The molecule has 1 saturated carbocycles. The Balaban J connectivity index is 1.69. The van der Waals surface area contributed by atoms with Gasteiger partial charge in [-0.3, -0.25) is 9.89 Å². The van der Waals surface area contributed by atoms with Crippen molar-refractivity contribution in [3.63, 3.8) is 0 Å². The van der Waals surface area contributed by atoms with Crippen LogP contribution in [0, 0.1) is 6.92 Å². The quantitative estimate of drug-likeness (QED) is 0.860. The Hall–Kier alpha value is -2.44. The minimum atomic E-state index is -0.590. The first-order chi connectivity index (χ1) is 10.1. The molecule has 0 aliphatic heterocycles. The monoisotopic (exact) mass is 289 g/mol. The Kier molecular flexibility index (Phi) is 3.55. The van der Waals surface area contributed by atoms with E-state index in [4.69, 9.17) is 9.15 Å². The first kappa shape index (κ1) is 13.5. The zero-order chi connectivity index (χ0) is 14.8. The van der Waals surface area contributed by atoms with Crippen LogP contribution in [0.5, 0.6) is 0 Å². The Labute approximate surface area is 120 Å². The van der Waals surface area contributed by atoms with Gasteiger partial charge in [0.25, 0.3) is 0 Å². The second-order valence-corrected chi connectivity index (χ2v) is 5.13. The van der Waals surface area contributed by atoms with Gasteiger partial charge in [-0.05, 0) is 19.8 Å². The van der Waals surface area contributed by atoms with Gasteiger partial charge in [-0.2, -0.15) is 5.10 Å². The number of esters is 1. The smallest absolute Gasteiger partial charge is 0.361 e. The third-order valence-electron chi connectivity index (χ3n) is 3.60. The molecule has 1 aliphatic rings. The van der Waals surface area contributed by atoms with E-state index in [2.05, 4.69) is 15.2 Å². The van der Waals surface area contributed by atoms with Crippen molar-refractivity contribution in [2.75, 3.05) is 0 Å². The van der Waals surface area contributed by atoms with Crippen LogP contribution in [0.4, 0.5) is 0 Å². The van der Waals surface area contributed by atoms with Gasteiger partial charge in [-0.1, -0.05) is 6.42 Å². The maximum Gasteiger partial charge on any atom is 0.361 e. The van der Waals surface area contributed by atoms with E-state index < -0.39 is 5.97 Å². The van der Waals surface area contributed by atoms with Crippen molar-refractivity contribution in [3.05, 3.63) is 45.5 Å². The highest BCUT2D eigenvalue weighted by molar-refractivity contribution is 5.88. The lowest BCUT2D eigenvalue weighted by molar-refractivity contribution is 0.0454. The normalized spacial score (nSPS) is 14.7. The van der Waals surface area contributed by atoms with Crippen LogP contribution in [-0.4, -0.2) is 21.2 Å². The lowest BCUT2D eigenvalue weighted by Crippen LogP contribution is -2.18. The summed E-state index contributed by atoms with van der Waals surface area (Å²) < 4.78 is 10.4. The molecule has 1 aliphatic carbocycles. The molecule has 21 heavy (non-hydrogen) atoms. The molecule has 0 aromatic carbocycles. The Bertz CT molecular complexity index is 715. The van der Waals surface area contributed by atoms with E-state index in [-0.39, 0.29) is 29.3 Å². The number of aryl methyl sites for hydroxylation is 1. The summed E-state index contributed by atoms with van der Waals surface area (Å²) in [7, 11) is 0. The van der Waals surface area contributed by atoms with Gasteiger partial charge in [-0.15, -0.1) is 0 Å². The summed E-state index contributed by atoms with van der Waals surface area (Å²) in [6, 6.07) is 1.41. The first-order valence-corrected chi connectivity index (χ1v) is 6.81. The molecule has 2 aromatic heterocycles. The molecule has 0 amide bonds. The van der Waals surface area contributed by atoms with Crippen molar-refractivity contribution in [1.29, 1.82) is 0 Å². The van der Waals surface area contributed by atoms with E-state index in [0.717, 1.165) is 19.3 Å². The molecular weight excluding hydrogens is 274 g/mol. The number of nitrogens with zero attached hydrogens (tertiary/aromatic N) is 2. The summed E-state index contributed by atoms with van der Waals surface area (Å²) in [5.74, 6) is 0.236. The Morgan fingerprint density at radius 1 is 1.52 bits per heavy atom. The van der Waals surface area contributed by atoms with E-state index in [1.165, 1.54) is 12.5 Å². The van der Waals surface area contributed by atoms with Crippen molar-refractivity contribution in [2.24, 2.45) is 0 Å². The number of ether oxygens (including phenoxy) is 1. The topological polar surface area (TPSA) is 98.1 Å². The maximum atomic E-state index is 12.0. The van der Waals surface area contributed by atoms with Gasteiger partial charge < -0.3 is 9.15 Å². The molecule has 0 atom stereocenters. The number of H-pyrrole nitrogens is 1. The van der Waals surface area contributed by atoms with E-state index in [1.54, 1.807) is 6.92 Å². The molecule has 110 valence electrons. The highest BCUT2D eigenvalue weighted by Gasteiger charge is 2.29. The Morgan fingerprint density at radius 2 is 2.33 bits per heavy atom. The SMILES string of the molecule is Cc1cc(=O)c(COC(=O)c2ncoc2C2CCC2)n[nH]1. The van der Waals surface area contributed by atoms with Gasteiger partial charge in [-0.25, -0.2) is 9.78 Å².